The van der Waals surface area contributed by atoms with Crippen LogP contribution in [0.3, 0.4) is 0 Å². The average Bonchev–Trinajstić information content (AvgIpc) is 2.14. The molecule has 13 heavy (non-hydrogen) atoms. The Kier molecular flexibility index (Phi) is 3.81. The molecule has 1 N–H and O–H groups in total. The maximum absolute atomic E-state index is 9.29. The third-order valence-corrected chi connectivity index (χ3v) is 2.43. The van der Waals surface area contributed by atoms with E-state index in [1.54, 1.807) is 6.07 Å². The second kappa shape index (κ2) is 4.90. The normalized spacial score (nSPS) is 12.8. The van der Waals surface area contributed by atoms with Gasteiger partial charge in [-0.25, -0.2) is 0 Å². The molecule has 0 aliphatic heterocycles. The lowest BCUT2D eigenvalue weighted by Gasteiger charge is -2.10. The third kappa shape index (κ3) is 3.10. The molecule has 1 unspecified atom stereocenters. The van der Waals surface area contributed by atoms with Gasteiger partial charge in [-0.05, 0) is 30.0 Å². The number of benzene rings is 1. The number of phenolic OH excluding ortho intramolecular Hbond substituents is 1. The summed E-state index contributed by atoms with van der Waals surface area (Å²) in [6.07, 6.45) is 3.71. The smallest absolute Gasteiger partial charge is 0.115 e. The van der Waals surface area contributed by atoms with Crippen molar-refractivity contribution in [2.45, 2.75) is 39.0 Å². The first-order valence-corrected chi connectivity index (χ1v) is 5.03. The summed E-state index contributed by atoms with van der Waals surface area (Å²) in [5.74, 6) is 0.938. The molecule has 0 saturated heterocycles. The van der Waals surface area contributed by atoms with Gasteiger partial charge in [0.1, 0.15) is 5.75 Å². The fraction of sp³-hybridized carbons (Fsp3) is 0.500. The van der Waals surface area contributed by atoms with Crippen molar-refractivity contribution >= 4 is 0 Å². The van der Waals surface area contributed by atoms with E-state index in [0.29, 0.717) is 11.7 Å². The molecule has 1 heteroatoms. The van der Waals surface area contributed by atoms with Crippen molar-refractivity contribution < 1.29 is 5.11 Å². The van der Waals surface area contributed by atoms with Crippen molar-refractivity contribution in [3.63, 3.8) is 0 Å². The lowest BCUT2D eigenvalue weighted by molar-refractivity contribution is 0.473. The van der Waals surface area contributed by atoms with Crippen LogP contribution in [-0.4, -0.2) is 5.11 Å². The van der Waals surface area contributed by atoms with E-state index < -0.39 is 0 Å². The zero-order chi connectivity index (χ0) is 9.68. The molecule has 1 atom stereocenters. The van der Waals surface area contributed by atoms with E-state index in [9.17, 15) is 5.11 Å². The molecule has 1 aromatic carbocycles. The predicted octanol–water partition coefficient (Wildman–Crippen LogP) is 3.69. The van der Waals surface area contributed by atoms with E-state index in [2.05, 4.69) is 19.9 Å². The van der Waals surface area contributed by atoms with Gasteiger partial charge in [0.25, 0.3) is 0 Å². The number of aromatic hydroxyl groups is 1. The molecule has 1 aromatic rings. The highest BCUT2D eigenvalue weighted by atomic mass is 16.3. The van der Waals surface area contributed by atoms with Gasteiger partial charge in [-0.15, -0.1) is 0 Å². The van der Waals surface area contributed by atoms with Gasteiger partial charge in [-0.1, -0.05) is 38.8 Å². The second-order valence-electron chi connectivity index (χ2n) is 3.64. The molecule has 72 valence electrons. The van der Waals surface area contributed by atoms with Gasteiger partial charge < -0.3 is 5.11 Å². The van der Waals surface area contributed by atoms with Crippen LogP contribution in [0.15, 0.2) is 24.3 Å². The highest BCUT2D eigenvalue weighted by Gasteiger charge is 2.04. The van der Waals surface area contributed by atoms with Crippen LogP contribution in [0.1, 0.15) is 44.6 Å². The van der Waals surface area contributed by atoms with E-state index in [4.69, 9.17) is 0 Å². The molecule has 0 radical (unpaired) electrons. The summed E-state index contributed by atoms with van der Waals surface area (Å²) in [6.45, 7) is 4.42. The van der Waals surface area contributed by atoms with E-state index in [-0.39, 0.29) is 0 Å². The van der Waals surface area contributed by atoms with Crippen LogP contribution in [0, 0.1) is 0 Å². The molecule has 0 spiro atoms. The third-order valence-electron chi connectivity index (χ3n) is 2.43. The van der Waals surface area contributed by atoms with E-state index in [1.165, 1.54) is 24.8 Å². The minimum absolute atomic E-state index is 0.376. The number of rotatable bonds is 4. The summed E-state index contributed by atoms with van der Waals surface area (Å²) < 4.78 is 0. The monoisotopic (exact) mass is 178 g/mol. The van der Waals surface area contributed by atoms with Crippen LogP contribution in [-0.2, 0) is 0 Å². The van der Waals surface area contributed by atoms with Crippen molar-refractivity contribution in [3.8, 4) is 5.75 Å². The molecule has 0 aromatic heterocycles. The molecule has 0 saturated carbocycles. The fourth-order valence-electron chi connectivity index (χ4n) is 1.51. The van der Waals surface area contributed by atoms with E-state index >= 15 is 0 Å². The molecule has 0 aliphatic rings. The highest BCUT2D eigenvalue weighted by molar-refractivity contribution is 5.29. The van der Waals surface area contributed by atoms with Gasteiger partial charge >= 0.3 is 0 Å². The molecular formula is C12H18O. The Morgan fingerprint density at radius 1 is 1.38 bits per heavy atom. The van der Waals surface area contributed by atoms with Crippen LogP contribution in [0.2, 0.25) is 0 Å². The van der Waals surface area contributed by atoms with Crippen molar-refractivity contribution in [1.82, 2.24) is 0 Å². The van der Waals surface area contributed by atoms with Crippen LogP contribution in [0.4, 0.5) is 0 Å². The van der Waals surface area contributed by atoms with Crippen molar-refractivity contribution in [2.75, 3.05) is 0 Å². The largest absolute Gasteiger partial charge is 0.508 e. The van der Waals surface area contributed by atoms with Crippen LogP contribution >= 0.6 is 0 Å². The Hall–Kier alpha value is -0.980. The number of hydrogen-bond acceptors (Lipinski definition) is 1. The lowest BCUT2D eigenvalue weighted by atomic mass is 9.95. The first-order chi connectivity index (χ1) is 6.24. The average molecular weight is 178 g/mol. The van der Waals surface area contributed by atoms with Gasteiger partial charge in [0.2, 0.25) is 0 Å². The first kappa shape index (κ1) is 10.1. The lowest BCUT2D eigenvalue weighted by Crippen LogP contribution is -1.92. The topological polar surface area (TPSA) is 20.2 Å². The van der Waals surface area contributed by atoms with Crippen LogP contribution in [0.5, 0.6) is 5.75 Å². The summed E-state index contributed by atoms with van der Waals surface area (Å²) in [6, 6.07) is 7.57. The standard InChI is InChI=1S/C12H18O/c1-3-4-6-10(2)11-7-5-8-12(13)9-11/h5,7-10,13H,3-4,6H2,1-2H3. The second-order valence-corrected chi connectivity index (χ2v) is 3.64. The Bertz CT molecular complexity index is 255. The maximum atomic E-state index is 9.29. The van der Waals surface area contributed by atoms with Crippen molar-refractivity contribution in [2.24, 2.45) is 0 Å². The summed E-state index contributed by atoms with van der Waals surface area (Å²) in [5, 5.41) is 9.29. The minimum atomic E-state index is 0.376. The zero-order valence-corrected chi connectivity index (χ0v) is 8.46. The van der Waals surface area contributed by atoms with Crippen LogP contribution in [0.25, 0.3) is 0 Å². The Balaban J connectivity index is 2.60. The highest BCUT2D eigenvalue weighted by Crippen LogP contribution is 2.23. The van der Waals surface area contributed by atoms with E-state index in [0.717, 1.165) is 0 Å². The molecule has 0 bridgehead atoms. The molecule has 0 fully saturated rings. The number of hydrogen-bond donors (Lipinski definition) is 1. The molecule has 1 rings (SSSR count). The predicted molar refractivity (Wildman–Crippen MR) is 56.0 cm³/mol. The molecule has 0 aliphatic carbocycles. The first-order valence-electron chi connectivity index (χ1n) is 5.03. The summed E-state index contributed by atoms with van der Waals surface area (Å²) >= 11 is 0. The Labute approximate surface area is 80.4 Å². The van der Waals surface area contributed by atoms with Gasteiger partial charge in [0.05, 0.1) is 0 Å². The van der Waals surface area contributed by atoms with Gasteiger partial charge in [0.15, 0.2) is 0 Å². The summed E-state index contributed by atoms with van der Waals surface area (Å²) in [7, 11) is 0. The number of phenols is 1. The maximum Gasteiger partial charge on any atom is 0.115 e. The fourth-order valence-corrected chi connectivity index (χ4v) is 1.51. The molecule has 1 nitrogen and oxygen atoms in total. The minimum Gasteiger partial charge on any atom is -0.508 e. The molecule has 0 amide bonds. The van der Waals surface area contributed by atoms with Crippen molar-refractivity contribution in [3.05, 3.63) is 29.8 Å². The SMILES string of the molecule is CCCCC(C)c1cccc(O)c1. The van der Waals surface area contributed by atoms with Gasteiger partial charge in [-0.3, -0.25) is 0 Å². The van der Waals surface area contributed by atoms with E-state index in [1.807, 2.05) is 12.1 Å². The van der Waals surface area contributed by atoms with Gasteiger partial charge in [-0.2, -0.15) is 0 Å². The zero-order valence-electron chi connectivity index (χ0n) is 8.46. The Morgan fingerprint density at radius 2 is 2.15 bits per heavy atom. The van der Waals surface area contributed by atoms with Crippen LogP contribution < -0.4 is 0 Å². The van der Waals surface area contributed by atoms with Crippen molar-refractivity contribution in [1.29, 1.82) is 0 Å². The summed E-state index contributed by atoms with van der Waals surface area (Å²) in [5.41, 5.74) is 1.24. The molecule has 0 heterocycles. The quantitative estimate of drug-likeness (QED) is 0.745. The number of unbranched alkanes of at least 4 members (excludes halogenated alkanes) is 1. The Morgan fingerprint density at radius 3 is 2.77 bits per heavy atom. The van der Waals surface area contributed by atoms with Gasteiger partial charge in [0, 0.05) is 0 Å². The summed E-state index contributed by atoms with van der Waals surface area (Å²) in [4.78, 5) is 0. The molecular weight excluding hydrogens is 160 g/mol.